The molecule has 0 saturated heterocycles. The maximum absolute atomic E-state index is 12.7. The number of methoxy groups -OCH3 is 2. The molecular formula is C20H18N6O3. The molecule has 4 aromatic rings. The minimum Gasteiger partial charge on any atom is -0.497 e. The molecule has 0 aliphatic carbocycles. The monoisotopic (exact) mass is 390 g/mol. The Kier molecular flexibility index (Phi) is 4.93. The van der Waals surface area contributed by atoms with Crippen molar-refractivity contribution in [3.05, 3.63) is 60.3 Å². The predicted molar refractivity (Wildman–Crippen MR) is 107 cm³/mol. The van der Waals surface area contributed by atoms with E-state index >= 15 is 0 Å². The lowest BCUT2D eigenvalue weighted by molar-refractivity contribution is 0.102. The first kappa shape index (κ1) is 18.2. The zero-order valence-corrected chi connectivity index (χ0v) is 15.8. The SMILES string of the molecule is COc1ccc(-c2nc(NC(=O)c3cn[nH]c3-c3ccccc3)n[nH]2)c(OC)c1. The molecule has 1 amide bonds. The lowest BCUT2D eigenvalue weighted by Gasteiger charge is -2.07. The van der Waals surface area contributed by atoms with E-state index in [-0.39, 0.29) is 11.9 Å². The Morgan fingerprint density at radius 2 is 1.86 bits per heavy atom. The third kappa shape index (κ3) is 3.65. The number of anilines is 1. The fraction of sp³-hybridized carbons (Fsp3) is 0.100. The average molecular weight is 390 g/mol. The van der Waals surface area contributed by atoms with Crippen molar-refractivity contribution in [3.8, 4) is 34.1 Å². The van der Waals surface area contributed by atoms with Crippen molar-refractivity contribution < 1.29 is 14.3 Å². The number of ether oxygens (including phenoxy) is 2. The molecule has 0 saturated carbocycles. The Balaban J connectivity index is 1.57. The summed E-state index contributed by atoms with van der Waals surface area (Å²) < 4.78 is 10.6. The number of nitrogens with one attached hydrogen (secondary N) is 3. The van der Waals surface area contributed by atoms with E-state index in [0.717, 1.165) is 5.56 Å². The van der Waals surface area contributed by atoms with E-state index in [2.05, 4.69) is 30.7 Å². The Morgan fingerprint density at radius 3 is 2.62 bits per heavy atom. The first-order chi connectivity index (χ1) is 14.2. The summed E-state index contributed by atoms with van der Waals surface area (Å²) in [5.41, 5.74) is 2.56. The number of carbonyl (C=O) groups excluding carboxylic acids is 1. The number of amides is 1. The molecular weight excluding hydrogens is 372 g/mol. The maximum atomic E-state index is 12.7. The highest BCUT2D eigenvalue weighted by molar-refractivity contribution is 6.07. The van der Waals surface area contributed by atoms with Gasteiger partial charge in [0.1, 0.15) is 11.5 Å². The van der Waals surface area contributed by atoms with E-state index in [1.165, 1.54) is 6.20 Å². The van der Waals surface area contributed by atoms with Gasteiger partial charge in [0.25, 0.3) is 5.91 Å². The molecule has 29 heavy (non-hydrogen) atoms. The second-order valence-corrected chi connectivity index (χ2v) is 6.05. The molecule has 9 nitrogen and oxygen atoms in total. The first-order valence-corrected chi connectivity index (χ1v) is 8.74. The molecule has 4 rings (SSSR count). The molecule has 0 fully saturated rings. The molecule has 0 spiro atoms. The van der Waals surface area contributed by atoms with Crippen LogP contribution in [0.1, 0.15) is 10.4 Å². The standard InChI is InChI=1S/C20H18N6O3/c1-28-13-8-9-14(16(10-13)29-2)18-22-20(26-25-18)23-19(27)15-11-21-24-17(15)12-6-4-3-5-7-12/h3-11H,1-2H3,(H,21,24)(H2,22,23,25,26,27). The lowest BCUT2D eigenvalue weighted by Crippen LogP contribution is -2.13. The van der Waals surface area contributed by atoms with Crippen molar-refractivity contribution in [1.29, 1.82) is 0 Å². The van der Waals surface area contributed by atoms with Gasteiger partial charge in [-0.1, -0.05) is 30.3 Å². The second kappa shape index (κ2) is 7.85. The topological polar surface area (TPSA) is 118 Å². The third-order valence-electron chi connectivity index (χ3n) is 4.32. The largest absolute Gasteiger partial charge is 0.497 e. The van der Waals surface area contributed by atoms with Crippen LogP contribution in [0.5, 0.6) is 11.5 Å². The van der Waals surface area contributed by atoms with E-state index in [0.29, 0.717) is 34.1 Å². The van der Waals surface area contributed by atoms with Gasteiger partial charge in [0.05, 0.1) is 37.2 Å². The highest BCUT2D eigenvalue weighted by Crippen LogP contribution is 2.31. The molecule has 0 atom stereocenters. The van der Waals surface area contributed by atoms with Gasteiger partial charge in [-0.25, -0.2) is 0 Å². The molecule has 2 aromatic carbocycles. The molecule has 3 N–H and O–H groups in total. The fourth-order valence-electron chi connectivity index (χ4n) is 2.88. The normalized spacial score (nSPS) is 10.6. The zero-order chi connectivity index (χ0) is 20.2. The number of aromatic nitrogens is 5. The minimum absolute atomic E-state index is 0.142. The highest BCUT2D eigenvalue weighted by atomic mass is 16.5. The quantitative estimate of drug-likeness (QED) is 0.466. The Bertz CT molecular complexity index is 1140. The van der Waals surface area contributed by atoms with E-state index in [4.69, 9.17) is 9.47 Å². The predicted octanol–water partition coefficient (Wildman–Crippen LogP) is 3.13. The molecule has 9 heteroatoms. The van der Waals surface area contributed by atoms with Gasteiger partial charge in [-0.05, 0) is 12.1 Å². The first-order valence-electron chi connectivity index (χ1n) is 8.74. The summed E-state index contributed by atoms with van der Waals surface area (Å²) in [4.78, 5) is 17.1. The summed E-state index contributed by atoms with van der Waals surface area (Å²) >= 11 is 0. The van der Waals surface area contributed by atoms with E-state index < -0.39 is 0 Å². The van der Waals surface area contributed by atoms with Crippen molar-refractivity contribution in [1.82, 2.24) is 25.4 Å². The van der Waals surface area contributed by atoms with Crippen LogP contribution >= 0.6 is 0 Å². The lowest BCUT2D eigenvalue weighted by atomic mass is 10.1. The molecule has 2 aromatic heterocycles. The van der Waals surface area contributed by atoms with Crippen LogP contribution in [0.15, 0.2) is 54.7 Å². The van der Waals surface area contributed by atoms with Gasteiger partial charge in [0.15, 0.2) is 5.82 Å². The number of aromatic amines is 2. The summed E-state index contributed by atoms with van der Waals surface area (Å²) in [6.07, 6.45) is 1.47. The van der Waals surface area contributed by atoms with Crippen LogP contribution in [0.25, 0.3) is 22.6 Å². The molecule has 2 heterocycles. The van der Waals surface area contributed by atoms with Crippen LogP contribution in [0, 0.1) is 0 Å². The van der Waals surface area contributed by atoms with Crippen LogP contribution in [-0.4, -0.2) is 45.5 Å². The van der Waals surface area contributed by atoms with Crippen LogP contribution in [0.3, 0.4) is 0 Å². The third-order valence-corrected chi connectivity index (χ3v) is 4.32. The van der Waals surface area contributed by atoms with Crippen LogP contribution < -0.4 is 14.8 Å². The van der Waals surface area contributed by atoms with Crippen LogP contribution in [0.4, 0.5) is 5.95 Å². The molecule has 0 aliphatic heterocycles. The second-order valence-electron chi connectivity index (χ2n) is 6.05. The fourth-order valence-corrected chi connectivity index (χ4v) is 2.88. The van der Waals surface area contributed by atoms with Crippen molar-refractivity contribution in [2.45, 2.75) is 0 Å². The molecule has 0 aliphatic rings. The van der Waals surface area contributed by atoms with Crippen molar-refractivity contribution in [3.63, 3.8) is 0 Å². The van der Waals surface area contributed by atoms with E-state index in [9.17, 15) is 4.79 Å². The summed E-state index contributed by atoms with van der Waals surface area (Å²) in [6.45, 7) is 0. The van der Waals surface area contributed by atoms with Gasteiger partial charge < -0.3 is 9.47 Å². The maximum Gasteiger partial charge on any atom is 0.261 e. The van der Waals surface area contributed by atoms with Gasteiger partial charge >= 0.3 is 0 Å². The number of carbonyl (C=O) groups is 1. The summed E-state index contributed by atoms with van der Waals surface area (Å²) in [7, 11) is 3.14. The number of hydrogen-bond donors (Lipinski definition) is 3. The van der Waals surface area contributed by atoms with Gasteiger partial charge in [0.2, 0.25) is 5.95 Å². The van der Waals surface area contributed by atoms with Crippen molar-refractivity contribution in [2.75, 3.05) is 19.5 Å². The molecule has 146 valence electrons. The smallest absolute Gasteiger partial charge is 0.261 e. The van der Waals surface area contributed by atoms with Gasteiger partial charge in [-0.2, -0.15) is 10.1 Å². The van der Waals surface area contributed by atoms with Gasteiger partial charge in [-0.15, -0.1) is 5.10 Å². The summed E-state index contributed by atoms with van der Waals surface area (Å²) in [5, 5.41) is 16.4. The van der Waals surface area contributed by atoms with Gasteiger partial charge in [0, 0.05) is 11.6 Å². The molecule has 0 unspecified atom stereocenters. The molecule has 0 radical (unpaired) electrons. The number of benzene rings is 2. The van der Waals surface area contributed by atoms with Crippen LogP contribution in [0.2, 0.25) is 0 Å². The minimum atomic E-state index is -0.371. The highest BCUT2D eigenvalue weighted by Gasteiger charge is 2.18. The molecule has 0 bridgehead atoms. The Hall–Kier alpha value is -4.14. The number of hydrogen-bond acceptors (Lipinski definition) is 6. The number of rotatable bonds is 6. The number of H-pyrrole nitrogens is 2. The summed E-state index contributed by atoms with van der Waals surface area (Å²) in [6, 6.07) is 14.8. The Morgan fingerprint density at radius 1 is 1.03 bits per heavy atom. The van der Waals surface area contributed by atoms with E-state index in [1.807, 2.05) is 30.3 Å². The average Bonchev–Trinajstić information content (AvgIpc) is 3.43. The zero-order valence-electron chi connectivity index (χ0n) is 15.8. The van der Waals surface area contributed by atoms with Crippen LogP contribution in [-0.2, 0) is 0 Å². The van der Waals surface area contributed by atoms with Crippen molar-refractivity contribution in [2.24, 2.45) is 0 Å². The number of nitrogens with zero attached hydrogens (tertiary/aromatic N) is 3. The van der Waals surface area contributed by atoms with Gasteiger partial charge in [-0.3, -0.25) is 20.3 Å². The van der Waals surface area contributed by atoms with Crippen molar-refractivity contribution >= 4 is 11.9 Å². The van der Waals surface area contributed by atoms with E-state index in [1.54, 1.807) is 32.4 Å². The Labute approximate surface area is 166 Å². The summed E-state index contributed by atoms with van der Waals surface area (Å²) in [5.74, 6) is 1.45.